The van der Waals surface area contributed by atoms with E-state index in [0.717, 1.165) is 12.1 Å². The number of nitrogens with zero attached hydrogens (tertiary/aromatic N) is 3. The van der Waals surface area contributed by atoms with Crippen molar-refractivity contribution >= 4 is 23.8 Å². The molecule has 2 aliphatic rings. The fourth-order valence-electron chi connectivity index (χ4n) is 2.63. The van der Waals surface area contributed by atoms with Crippen LogP contribution in [-0.4, -0.2) is 48.7 Å². The van der Waals surface area contributed by atoms with Gasteiger partial charge in [0.15, 0.2) is 11.6 Å². The SMILES string of the molecule is COC(=O)C1=CC(C(=O)NCc2ccc(F)c(OC(F)F)c2)=NC2CC=NN12. The van der Waals surface area contributed by atoms with Gasteiger partial charge in [-0.25, -0.2) is 14.2 Å². The number of halogens is 3. The first kappa shape index (κ1) is 19.4. The number of carbonyl (C=O) groups excluding carboxylic acids is 2. The molecule has 11 heteroatoms. The van der Waals surface area contributed by atoms with E-state index >= 15 is 0 Å². The van der Waals surface area contributed by atoms with Crippen LogP contribution in [0.5, 0.6) is 5.75 Å². The lowest BCUT2D eigenvalue weighted by Gasteiger charge is -2.25. The summed E-state index contributed by atoms with van der Waals surface area (Å²) in [4.78, 5) is 28.6. The molecule has 2 heterocycles. The van der Waals surface area contributed by atoms with E-state index in [9.17, 15) is 22.8 Å². The van der Waals surface area contributed by atoms with E-state index in [1.807, 2.05) is 0 Å². The first-order valence-electron chi connectivity index (χ1n) is 8.10. The molecule has 148 valence electrons. The number of fused-ring (bicyclic) bond motifs is 1. The second-order valence-electron chi connectivity index (χ2n) is 5.72. The molecular formula is C17H15F3N4O4. The fourth-order valence-corrected chi connectivity index (χ4v) is 2.63. The molecule has 0 saturated heterocycles. The van der Waals surface area contributed by atoms with Crippen LogP contribution in [0.2, 0.25) is 0 Å². The maximum atomic E-state index is 13.5. The number of alkyl halides is 2. The minimum atomic E-state index is -3.17. The number of benzene rings is 1. The molecule has 1 atom stereocenters. The number of ether oxygens (including phenoxy) is 2. The zero-order valence-corrected chi connectivity index (χ0v) is 14.6. The molecule has 0 fully saturated rings. The second-order valence-corrected chi connectivity index (χ2v) is 5.72. The monoisotopic (exact) mass is 396 g/mol. The highest BCUT2D eigenvalue weighted by atomic mass is 19.3. The molecular weight excluding hydrogens is 381 g/mol. The molecule has 1 N–H and O–H groups in total. The first-order valence-corrected chi connectivity index (χ1v) is 8.10. The Morgan fingerprint density at radius 2 is 2.18 bits per heavy atom. The molecule has 0 aromatic heterocycles. The van der Waals surface area contributed by atoms with Crippen molar-refractivity contribution in [2.75, 3.05) is 7.11 Å². The second kappa shape index (κ2) is 8.11. The first-order chi connectivity index (χ1) is 13.4. The normalized spacial score (nSPS) is 17.8. The molecule has 0 spiro atoms. The highest BCUT2D eigenvalue weighted by molar-refractivity contribution is 6.44. The lowest BCUT2D eigenvalue weighted by molar-refractivity contribution is -0.138. The molecule has 0 saturated carbocycles. The van der Waals surface area contributed by atoms with Gasteiger partial charge in [-0.1, -0.05) is 6.07 Å². The number of amides is 1. The van der Waals surface area contributed by atoms with Gasteiger partial charge in [-0.15, -0.1) is 0 Å². The third-order valence-electron chi connectivity index (χ3n) is 3.90. The Hall–Kier alpha value is -3.37. The van der Waals surface area contributed by atoms with Gasteiger partial charge < -0.3 is 14.8 Å². The van der Waals surface area contributed by atoms with Crippen molar-refractivity contribution in [2.24, 2.45) is 10.1 Å². The summed E-state index contributed by atoms with van der Waals surface area (Å²) in [6.07, 6.45) is 2.69. The summed E-state index contributed by atoms with van der Waals surface area (Å²) >= 11 is 0. The quantitative estimate of drug-likeness (QED) is 0.737. The van der Waals surface area contributed by atoms with E-state index in [0.29, 0.717) is 12.0 Å². The molecule has 2 aliphatic heterocycles. The van der Waals surface area contributed by atoms with E-state index < -0.39 is 36.2 Å². The molecule has 1 unspecified atom stereocenters. The maximum Gasteiger partial charge on any atom is 0.387 e. The van der Waals surface area contributed by atoms with E-state index in [2.05, 4.69) is 20.1 Å². The van der Waals surface area contributed by atoms with Crippen LogP contribution in [0.3, 0.4) is 0 Å². The van der Waals surface area contributed by atoms with E-state index in [1.165, 1.54) is 24.3 Å². The molecule has 1 amide bonds. The average molecular weight is 396 g/mol. The summed E-state index contributed by atoms with van der Waals surface area (Å²) in [6.45, 7) is -3.27. The van der Waals surface area contributed by atoms with E-state index in [1.54, 1.807) is 6.21 Å². The van der Waals surface area contributed by atoms with Crippen molar-refractivity contribution in [3.05, 3.63) is 41.4 Å². The van der Waals surface area contributed by atoms with E-state index in [-0.39, 0.29) is 18.0 Å². The summed E-state index contributed by atoms with van der Waals surface area (Å²) in [5.41, 5.74) is 0.388. The number of aliphatic imine (C=N–C) groups is 1. The number of carbonyl (C=O) groups is 2. The minimum Gasteiger partial charge on any atom is -0.464 e. The molecule has 0 bridgehead atoms. The number of methoxy groups -OCH3 is 1. The van der Waals surface area contributed by atoms with Crippen LogP contribution < -0.4 is 10.1 Å². The van der Waals surface area contributed by atoms with Crippen molar-refractivity contribution in [2.45, 2.75) is 25.7 Å². The van der Waals surface area contributed by atoms with Crippen molar-refractivity contribution < 1.29 is 32.2 Å². The van der Waals surface area contributed by atoms with Crippen molar-refractivity contribution in [1.82, 2.24) is 10.3 Å². The Labute approximate surface area is 157 Å². The van der Waals surface area contributed by atoms with Crippen LogP contribution in [0, 0.1) is 5.82 Å². The zero-order valence-electron chi connectivity index (χ0n) is 14.6. The molecule has 3 rings (SSSR count). The molecule has 8 nitrogen and oxygen atoms in total. The number of hydrogen-bond acceptors (Lipinski definition) is 7. The maximum absolute atomic E-state index is 13.5. The van der Waals surface area contributed by atoms with Crippen molar-refractivity contribution in [3.63, 3.8) is 0 Å². The average Bonchev–Trinajstić information content (AvgIpc) is 3.15. The Bertz CT molecular complexity index is 885. The van der Waals surface area contributed by atoms with Crippen LogP contribution in [-0.2, 0) is 20.9 Å². The summed E-state index contributed by atoms with van der Waals surface area (Å²) in [5.74, 6) is -2.84. The van der Waals surface area contributed by atoms with Gasteiger partial charge in [0.05, 0.1) is 7.11 Å². The van der Waals surface area contributed by atoms with Gasteiger partial charge in [0.25, 0.3) is 5.91 Å². The van der Waals surface area contributed by atoms with Crippen molar-refractivity contribution in [3.8, 4) is 5.75 Å². The number of nitrogens with one attached hydrogen (secondary N) is 1. The van der Waals surface area contributed by atoms with Gasteiger partial charge in [0.2, 0.25) is 0 Å². The van der Waals surface area contributed by atoms with Crippen molar-refractivity contribution in [1.29, 1.82) is 0 Å². The lowest BCUT2D eigenvalue weighted by atomic mass is 10.1. The van der Waals surface area contributed by atoms with Crippen LogP contribution >= 0.6 is 0 Å². The number of hydrogen-bond donors (Lipinski definition) is 1. The molecule has 1 aromatic carbocycles. The predicted molar refractivity (Wildman–Crippen MR) is 91.1 cm³/mol. The topological polar surface area (TPSA) is 92.6 Å². The lowest BCUT2D eigenvalue weighted by Crippen LogP contribution is -2.38. The molecule has 1 aromatic rings. The summed E-state index contributed by atoms with van der Waals surface area (Å²) < 4.78 is 46.8. The predicted octanol–water partition coefficient (Wildman–Crippen LogP) is 1.57. The van der Waals surface area contributed by atoms with Crippen LogP contribution in [0.1, 0.15) is 12.0 Å². The third kappa shape index (κ3) is 4.13. The zero-order chi connectivity index (χ0) is 20.3. The highest BCUT2D eigenvalue weighted by Gasteiger charge is 2.33. The minimum absolute atomic E-state index is 0.0154. The summed E-state index contributed by atoms with van der Waals surface area (Å²) in [6, 6.07) is 3.34. The number of esters is 1. The van der Waals surface area contributed by atoms with E-state index in [4.69, 9.17) is 4.74 Å². The van der Waals surface area contributed by atoms with Gasteiger partial charge in [0, 0.05) is 25.3 Å². The number of hydrazone groups is 1. The number of rotatable bonds is 6. The standard InChI is InChI=1S/C17H15F3N4O4/c1-27-16(26)12-7-11(23-14-4-5-22-24(12)14)15(25)21-8-9-2-3-10(18)13(6-9)28-17(19)20/h2-3,5-7,14,17H,4,8H2,1H3,(H,21,25). The Morgan fingerprint density at radius 3 is 2.89 bits per heavy atom. The largest absolute Gasteiger partial charge is 0.464 e. The van der Waals surface area contributed by atoms with Crippen LogP contribution in [0.25, 0.3) is 0 Å². The summed E-state index contributed by atoms with van der Waals surface area (Å²) in [7, 11) is 1.21. The van der Waals surface area contributed by atoms with Gasteiger partial charge >= 0.3 is 12.6 Å². The molecule has 28 heavy (non-hydrogen) atoms. The van der Waals surface area contributed by atoms with Crippen LogP contribution in [0.4, 0.5) is 13.2 Å². The molecule has 0 aliphatic carbocycles. The van der Waals surface area contributed by atoms with Crippen LogP contribution in [0.15, 0.2) is 40.1 Å². The Balaban J connectivity index is 1.71. The Morgan fingerprint density at radius 1 is 1.39 bits per heavy atom. The van der Waals surface area contributed by atoms with Gasteiger partial charge in [0.1, 0.15) is 17.6 Å². The fraction of sp³-hybridized carbons (Fsp3) is 0.294. The third-order valence-corrected chi connectivity index (χ3v) is 3.90. The smallest absolute Gasteiger partial charge is 0.387 e. The molecule has 0 radical (unpaired) electrons. The summed E-state index contributed by atoms with van der Waals surface area (Å²) in [5, 5.41) is 7.92. The highest BCUT2D eigenvalue weighted by Crippen LogP contribution is 2.24. The van der Waals surface area contributed by atoms with Gasteiger partial charge in [-0.05, 0) is 17.7 Å². The van der Waals surface area contributed by atoms with Gasteiger partial charge in [-0.2, -0.15) is 13.9 Å². The van der Waals surface area contributed by atoms with Gasteiger partial charge in [-0.3, -0.25) is 9.79 Å². The Kier molecular flexibility index (Phi) is 5.62.